The first kappa shape index (κ1) is 22.5. The number of aromatic nitrogens is 1. The molecular weight excluding hydrogens is 435 g/mol. The molecule has 4 nitrogen and oxygen atoms in total. The van der Waals surface area contributed by atoms with Crippen LogP contribution in [-0.4, -0.2) is 29.9 Å². The molecule has 0 atom stereocenters. The van der Waals surface area contributed by atoms with Crippen LogP contribution >= 0.6 is 52.1 Å². The molecule has 0 fully saturated rings. The number of carbonyl (C=O) groups excluding carboxylic acids is 1. The highest BCUT2D eigenvalue weighted by molar-refractivity contribution is 9.10. The van der Waals surface area contributed by atoms with Crippen molar-refractivity contribution in [1.29, 1.82) is 0 Å². The smallest absolute Gasteiger partial charge is 0.277 e. The summed E-state index contributed by atoms with van der Waals surface area (Å²) in [7, 11) is 0. The molecule has 1 aromatic carbocycles. The predicted molar refractivity (Wildman–Crippen MR) is 97.1 cm³/mol. The van der Waals surface area contributed by atoms with Gasteiger partial charge in [0.2, 0.25) is 5.91 Å². The van der Waals surface area contributed by atoms with Crippen LogP contribution in [0.4, 0.5) is 8.78 Å². The van der Waals surface area contributed by atoms with Gasteiger partial charge in [-0.3, -0.25) is 4.79 Å². The van der Waals surface area contributed by atoms with Crippen LogP contribution in [0.15, 0.2) is 22.7 Å². The summed E-state index contributed by atoms with van der Waals surface area (Å²) in [5.74, 6) is -3.48. The van der Waals surface area contributed by atoms with E-state index in [2.05, 4.69) is 26.2 Å². The van der Waals surface area contributed by atoms with E-state index in [1.165, 1.54) is 11.3 Å². The number of alkyl halides is 2. The predicted octanol–water partition coefficient (Wildman–Crippen LogP) is 3.55. The summed E-state index contributed by atoms with van der Waals surface area (Å²) in [6.07, 6.45) is 0.554. The van der Waals surface area contributed by atoms with E-state index in [1.807, 2.05) is 18.2 Å². The lowest BCUT2D eigenvalue weighted by atomic mass is 10.3. The maximum Gasteiger partial charge on any atom is 0.277 e. The van der Waals surface area contributed by atoms with Crippen molar-refractivity contribution in [2.24, 2.45) is 5.73 Å². The molecule has 1 heterocycles. The monoisotopic (exact) mass is 449 g/mol. The molecular formula is C13H16BrCl2F2N3OS. The number of hydrogen-bond donors (Lipinski definition) is 2. The van der Waals surface area contributed by atoms with Gasteiger partial charge in [0, 0.05) is 17.3 Å². The number of benzene rings is 1. The lowest BCUT2D eigenvalue weighted by Gasteiger charge is -2.14. The second-order valence-corrected chi connectivity index (χ2v) is 6.59. The quantitative estimate of drug-likeness (QED) is 0.707. The zero-order chi connectivity index (χ0) is 15.5. The molecule has 0 aliphatic carbocycles. The van der Waals surface area contributed by atoms with Gasteiger partial charge < -0.3 is 11.1 Å². The fraction of sp³-hybridized carbons (Fsp3) is 0.385. The average molecular weight is 451 g/mol. The molecule has 3 N–H and O–H groups in total. The molecule has 130 valence electrons. The summed E-state index contributed by atoms with van der Waals surface area (Å²) >= 11 is 4.87. The lowest BCUT2D eigenvalue weighted by Crippen LogP contribution is -2.41. The standard InChI is InChI=1S/C13H14BrF2N3OS.2ClH/c14-8-1-2-10-9(5-8)19-12(21-10)4-3-11(20)18-7-13(15,16)6-17;;/h1-2,5H,3-4,6-7,17H2,(H,18,20);2*1H. The fourth-order valence-electron chi connectivity index (χ4n) is 1.66. The molecule has 0 aliphatic heterocycles. The van der Waals surface area contributed by atoms with Crippen molar-refractivity contribution in [1.82, 2.24) is 10.3 Å². The van der Waals surface area contributed by atoms with Crippen LogP contribution in [0.1, 0.15) is 11.4 Å². The van der Waals surface area contributed by atoms with E-state index >= 15 is 0 Å². The lowest BCUT2D eigenvalue weighted by molar-refractivity contribution is -0.122. The Kier molecular flexibility index (Phi) is 9.46. The Balaban J connectivity index is 0.00000242. The number of halogens is 5. The maximum absolute atomic E-state index is 12.9. The third kappa shape index (κ3) is 6.84. The van der Waals surface area contributed by atoms with Crippen LogP contribution in [0.25, 0.3) is 10.2 Å². The number of nitrogens with one attached hydrogen (secondary N) is 1. The Morgan fingerprint density at radius 3 is 2.74 bits per heavy atom. The molecule has 10 heteroatoms. The van der Waals surface area contributed by atoms with E-state index in [0.717, 1.165) is 19.7 Å². The van der Waals surface area contributed by atoms with E-state index in [0.29, 0.717) is 6.42 Å². The highest BCUT2D eigenvalue weighted by Gasteiger charge is 2.27. The molecule has 0 aliphatic rings. The molecule has 0 bridgehead atoms. The number of aryl methyl sites for hydroxylation is 1. The van der Waals surface area contributed by atoms with Crippen molar-refractivity contribution in [2.45, 2.75) is 18.8 Å². The number of hydrogen-bond acceptors (Lipinski definition) is 4. The topological polar surface area (TPSA) is 68.0 Å². The second-order valence-electron chi connectivity index (χ2n) is 4.56. The Morgan fingerprint density at radius 1 is 1.39 bits per heavy atom. The van der Waals surface area contributed by atoms with Crippen LogP contribution in [0.3, 0.4) is 0 Å². The van der Waals surface area contributed by atoms with Crippen molar-refractivity contribution in [2.75, 3.05) is 13.1 Å². The van der Waals surface area contributed by atoms with Crippen molar-refractivity contribution in [3.8, 4) is 0 Å². The van der Waals surface area contributed by atoms with E-state index in [4.69, 9.17) is 5.73 Å². The number of rotatable bonds is 6. The summed E-state index contributed by atoms with van der Waals surface area (Å²) in [6.45, 7) is -1.50. The number of thiazole rings is 1. The SMILES string of the molecule is Cl.Cl.NCC(F)(F)CNC(=O)CCc1nc2cc(Br)ccc2s1. The van der Waals surface area contributed by atoms with E-state index < -0.39 is 24.9 Å². The number of nitrogens with zero attached hydrogens (tertiary/aromatic N) is 1. The number of amides is 1. The minimum absolute atomic E-state index is 0. The zero-order valence-corrected chi connectivity index (χ0v) is 15.9. The Labute approximate surface area is 157 Å². The third-order valence-electron chi connectivity index (χ3n) is 2.80. The summed E-state index contributed by atoms with van der Waals surface area (Å²) in [5, 5.41) is 3.00. The number of nitrogens with two attached hydrogens (primary N) is 1. The first-order valence-corrected chi connectivity index (χ1v) is 7.90. The molecule has 1 amide bonds. The fourth-order valence-corrected chi connectivity index (χ4v) is 2.96. The highest BCUT2D eigenvalue weighted by atomic mass is 79.9. The summed E-state index contributed by atoms with van der Waals surface area (Å²) in [4.78, 5) is 15.9. The van der Waals surface area contributed by atoms with Crippen molar-refractivity contribution in [3.05, 3.63) is 27.7 Å². The van der Waals surface area contributed by atoms with Gasteiger partial charge in [-0.1, -0.05) is 15.9 Å². The molecule has 23 heavy (non-hydrogen) atoms. The van der Waals surface area contributed by atoms with Crippen molar-refractivity contribution < 1.29 is 13.6 Å². The Bertz CT molecular complexity index is 657. The van der Waals surface area contributed by atoms with Gasteiger partial charge in [-0.15, -0.1) is 36.2 Å². The van der Waals surface area contributed by atoms with Crippen LogP contribution in [0.5, 0.6) is 0 Å². The molecule has 0 saturated carbocycles. The third-order valence-corrected chi connectivity index (χ3v) is 4.39. The second kappa shape index (κ2) is 9.68. The largest absolute Gasteiger partial charge is 0.350 e. The minimum atomic E-state index is -3.06. The van der Waals surface area contributed by atoms with Gasteiger partial charge in [0.1, 0.15) is 0 Å². The Morgan fingerprint density at radius 2 is 2.09 bits per heavy atom. The summed E-state index contributed by atoms with van der Waals surface area (Å²) in [6, 6.07) is 5.77. The molecule has 0 unspecified atom stereocenters. The van der Waals surface area contributed by atoms with Crippen LogP contribution in [0.2, 0.25) is 0 Å². The Hall–Kier alpha value is -0.540. The number of carbonyl (C=O) groups is 1. The highest BCUT2D eigenvalue weighted by Crippen LogP contribution is 2.25. The molecule has 2 rings (SSSR count). The van der Waals surface area contributed by atoms with Gasteiger partial charge in [-0.25, -0.2) is 13.8 Å². The molecule has 0 radical (unpaired) electrons. The van der Waals surface area contributed by atoms with E-state index in [1.54, 1.807) is 0 Å². The molecule has 1 aromatic heterocycles. The summed E-state index contributed by atoms with van der Waals surface area (Å²) in [5.41, 5.74) is 5.76. The molecule has 0 saturated heterocycles. The first-order valence-electron chi connectivity index (χ1n) is 6.29. The molecule has 0 spiro atoms. The van der Waals surface area contributed by atoms with Crippen LogP contribution in [-0.2, 0) is 11.2 Å². The van der Waals surface area contributed by atoms with Crippen LogP contribution in [0, 0.1) is 0 Å². The van der Waals surface area contributed by atoms with Gasteiger partial charge in [0.25, 0.3) is 5.92 Å². The van der Waals surface area contributed by atoms with Crippen LogP contribution < -0.4 is 11.1 Å². The van der Waals surface area contributed by atoms with E-state index in [-0.39, 0.29) is 31.2 Å². The number of fused-ring (bicyclic) bond motifs is 1. The maximum atomic E-state index is 12.9. The van der Waals surface area contributed by atoms with Gasteiger partial charge in [-0.2, -0.15) is 0 Å². The summed E-state index contributed by atoms with van der Waals surface area (Å²) < 4.78 is 27.8. The van der Waals surface area contributed by atoms with Gasteiger partial charge in [-0.05, 0) is 18.2 Å². The normalized spacial score (nSPS) is 10.8. The van der Waals surface area contributed by atoms with Gasteiger partial charge in [0.15, 0.2) is 0 Å². The van der Waals surface area contributed by atoms with Gasteiger partial charge >= 0.3 is 0 Å². The minimum Gasteiger partial charge on any atom is -0.350 e. The molecule has 2 aromatic rings. The van der Waals surface area contributed by atoms with Crippen molar-refractivity contribution in [3.63, 3.8) is 0 Å². The van der Waals surface area contributed by atoms with E-state index in [9.17, 15) is 13.6 Å². The van der Waals surface area contributed by atoms with Gasteiger partial charge in [0.05, 0.1) is 28.3 Å². The average Bonchev–Trinajstić information content (AvgIpc) is 2.85. The zero-order valence-electron chi connectivity index (χ0n) is 11.9. The first-order chi connectivity index (χ1) is 9.89. The van der Waals surface area contributed by atoms with Crippen molar-refractivity contribution >= 4 is 68.2 Å².